The Kier molecular flexibility index (Phi) is 2.62. The molecule has 0 aromatic carbocycles. The Hall–Kier alpha value is -0.990. The molecule has 1 aliphatic heterocycles. The van der Waals surface area contributed by atoms with E-state index in [2.05, 4.69) is 5.10 Å². The van der Waals surface area contributed by atoms with E-state index >= 15 is 0 Å². The molecule has 0 saturated heterocycles. The molecule has 3 nitrogen and oxygen atoms in total. The molecule has 0 aromatic rings. The highest BCUT2D eigenvalue weighted by Crippen LogP contribution is 2.45. The summed E-state index contributed by atoms with van der Waals surface area (Å²) in [5, 5.41) is 11.2. The van der Waals surface area contributed by atoms with Crippen LogP contribution < -0.4 is 0 Å². The smallest absolute Gasteiger partial charge is 0.355 e. The molecule has 0 unspecified atom stereocenters. The fourth-order valence-corrected chi connectivity index (χ4v) is 1.09. The summed E-state index contributed by atoms with van der Waals surface area (Å²) in [5.74, 6) is 0. The summed E-state index contributed by atoms with van der Waals surface area (Å²) in [5.41, 5.74) is -4.91. The number of alkyl halides is 6. The molecule has 0 aromatic heterocycles. The van der Waals surface area contributed by atoms with Gasteiger partial charge in [-0.15, -0.1) is 0 Å². The van der Waals surface area contributed by atoms with E-state index < -0.39 is 29.6 Å². The Morgan fingerprint density at radius 3 is 1.80 bits per heavy atom. The van der Waals surface area contributed by atoms with Crippen molar-refractivity contribution in [2.24, 2.45) is 5.10 Å². The summed E-state index contributed by atoms with van der Waals surface area (Å²) >= 11 is 0. The van der Waals surface area contributed by atoms with Gasteiger partial charge < -0.3 is 5.11 Å². The highest BCUT2D eigenvalue weighted by Gasteiger charge is 2.74. The maximum Gasteiger partial charge on any atom is 0.447 e. The zero-order chi connectivity index (χ0) is 11.9. The van der Waals surface area contributed by atoms with Crippen LogP contribution in [-0.2, 0) is 0 Å². The Morgan fingerprint density at radius 2 is 1.53 bits per heavy atom. The second-order valence-corrected chi connectivity index (χ2v) is 2.88. The van der Waals surface area contributed by atoms with Crippen LogP contribution in [0.4, 0.5) is 26.3 Å². The van der Waals surface area contributed by atoms with Gasteiger partial charge in [-0.1, -0.05) is 0 Å². The predicted molar refractivity (Wildman–Crippen MR) is 36.9 cm³/mol. The molecular formula is C6H6F6N2O. The number of aliphatic hydroxyl groups is 1. The topological polar surface area (TPSA) is 35.8 Å². The van der Waals surface area contributed by atoms with Gasteiger partial charge in [-0.2, -0.15) is 31.4 Å². The minimum Gasteiger partial charge on any atom is -0.355 e. The first-order valence-electron chi connectivity index (χ1n) is 3.76. The lowest BCUT2D eigenvalue weighted by Crippen LogP contribution is -2.65. The quantitative estimate of drug-likeness (QED) is 0.700. The Bertz CT molecular complexity index is 256. The summed E-state index contributed by atoms with van der Waals surface area (Å²) in [6.45, 7) is -0.629. The summed E-state index contributed by atoms with van der Waals surface area (Å²) in [4.78, 5) is 0. The molecule has 0 fully saturated rings. The summed E-state index contributed by atoms with van der Waals surface area (Å²) < 4.78 is 73.0. The van der Waals surface area contributed by atoms with Crippen LogP contribution in [0.2, 0.25) is 0 Å². The van der Waals surface area contributed by atoms with Gasteiger partial charge in [0.15, 0.2) is 0 Å². The van der Waals surface area contributed by atoms with E-state index in [1.165, 1.54) is 0 Å². The van der Waals surface area contributed by atoms with Gasteiger partial charge in [-0.05, 0) is 0 Å². The van der Waals surface area contributed by atoms with Crippen LogP contribution in [0.5, 0.6) is 0 Å². The van der Waals surface area contributed by atoms with E-state index in [1.807, 2.05) is 0 Å². The minimum atomic E-state index is -5.85. The van der Waals surface area contributed by atoms with Crippen LogP contribution in [0.1, 0.15) is 6.42 Å². The van der Waals surface area contributed by atoms with Crippen LogP contribution in [0.25, 0.3) is 0 Å². The molecule has 0 aliphatic carbocycles. The lowest BCUT2D eigenvalue weighted by atomic mass is 10.2. The Labute approximate surface area is 80.0 Å². The number of nitrogens with zero attached hydrogens (tertiary/aromatic N) is 2. The van der Waals surface area contributed by atoms with Crippen molar-refractivity contribution in [3.05, 3.63) is 0 Å². The van der Waals surface area contributed by atoms with Crippen molar-refractivity contribution in [2.45, 2.75) is 24.5 Å². The normalized spacial score (nSPS) is 18.7. The van der Waals surface area contributed by atoms with Gasteiger partial charge in [0, 0.05) is 19.2 Å². The number of halogens is 6. The maximum atomic E-state index is 12.2. The fraction of sp³-hybridized carbons (Fsp3) is 0.833. The highest BCUT2D eigenvalue weighted by atomic mass is 19.4. The van der Waals surface area contributed by atoms with Crippen molar-refractivity contribution in [1.82, 2.24) is 5.01 Å². The number of hydrogen-bond donors (Lipinski definition) is 1. The summed E-state index contributed by atoms with van der Waals surface area (Å²) in [6.07, 6.45) is -10.9. The van der Waals surface area contributed by atoms with Crippen LogP contribution in [0.15, 0.2) is 5.10 Å². The first-order chi connectivity index (χ1) is 6.61. The second-order valence-electron chi connectivity index (χ2n) is 2.88. The molecule has 15 heavy (non-hydrogen) atoms. The molecule has 1 aliphatic rings. The first kappa shape index (κ1) is 12.1. The third-order valence-corrected chi connectivity index (χ3v) is 1.86. The lowest BCUT2D eigenvalue weighted by Gasteiger charge is -2.37. The Morgan fingerprint density at radius 1 is 1.07 bits per heavy atom. The molecule has 9 heteroatoms. The van der Waals surface area contributed by atoms with Crippen LogP contribution >= 0.6 is 0 Å². The van der Waals surface area contributed by atoms with E-state index in [9.17, 15) is 26.3 Å². The van der Waals surface area contributed by atoms with Gasteiger partial charge in [0.1, 0.15) is 0 Å². The van der Waals surface area contributed by atoms with Crippen LogP contribution in [0.3, 0.4) is 0 Å². The summed E-state index contributed by atoms with van der Waals surface area (Å²) in [6, 6.07) is 0. The van der Waals surface area contributed by atoms with Crippen molar-refractivity contribution in [2.75, 3.05) is 6.54 Å². The molecule has 0 amide bonds. The first-order valence-corrected chi connectivity index (χ1v) is 3.76. The zero-order valence-electron chi connectivity index (χ0n) is 7.10. The Balaban J connectivity index is 3.13. The monoisotopic (exact) mass is 236 g/mol. The summed E-state index contributed by atoms with van der Waals surface area (Å²) in [7, 11) is 0. The third-order valence-electron chi connectivity index (χ3n) is 1.86. The van der Waals surface area contributed by atoms with Gasteiger partial charge in [0.25, 0.3) is 0 Å². The number of rotatable bonds is 1. The molecule has 1 N–H and O–H groups in total. The van der Waals surface area contributed by atoms with Crippen LogP contribution in [-0.4, -0.2) is 41.0 Å². The molecule has 0 bridgehead atoms. The van der Waals surface area contributed by atoms with E-state index in [0.29, 0.717) is 0 Å². The van der Waals surface area contributed by atoms with Gasteiger partial charge in [-0.3, -0.25) is 0 Å². The molecule has 0 saturated carbocycles. The average Bonchev–Trinajstić information content (AvgIpc) is 2.49. The van der Waals surface area contributed by atoms with Gasteiger partial charge in [0.2, 0.25) is 0 Å². The fourth-order valence-electron chi connectivity index (χ4n) is 1.09. The third kappa shape index (κ3) is 1.75. The SMILES string of the molecule is OC(N1CCC=N1)(C(F)(F)F)C(F)(F)F. The molecule has 1 heterocycles. The lowest BCUT2D eigenvalue weighted by molar-refractivity contribution is -0.415. The van der Waals surface area contributed by atoms with Crippen molar-refractivity contribution in [1.29, 1.82) is 0 Å². The maximum absolute atomic E-state index is 12.2. The van der Waals surface area contributed by atoms with Gasteiger partial charge in [0.05, 0.1) is 0 Å². The van der Waals surface area contributed by atoms with Gasteiger partial charge >= 0.3 is 18.1 Å². The van der Waals surface area contributed by atoms with E-state index in [4.69, 9.17) is 5.11 Å². The van der Waals surface area contributed by atoms with Crippen molar-refractivity contribution in [3.63, 3.8) is 0 Å². The zero-order valence-corrected chi connectivity index (χ0v) is 7.10. The van der Waals surface area contributed by atoms with Crippen LogP contribution in [0, 0.1) is 0 Å². The highest BCUT2D eigenvalue weighted by molar-refractivity contribution is 5.58. The van der Waals surface area contributed by atoms with Crippen molar-refractivity contribution >= 4 is 6.21 Å². The van der Waals surface area contributed by atoms with E-state index in [1.54, 1.807) is 0 Å². The number of hydrogen-bond acceptors (Lipinski definition) is 3. The molecule has 1 rings (SSSR count). The molecule has 0 radical (unpaired) electrons. The molecule has 88 valence electrons. The second kappa shape index (κ2) is 3.26. The molecule has 0 spiro atoms. The van der Waals surface area contributed by atoms with Crippen molar-refractivity contribution < 1.29 is 31.4 Å². The average molecular weight is 236 g/mol. The standard InChI is InChI=1S/C6H6F6N2O/c7-5(8,9)4(15,6(10,11)12)14-3-1-2-13-14/h2,15H,1,3H2. The number of hydrazone groups is 1. The van der Waals surface area contributed by atoms with Crippen molar-refractivity contribution in [3.8, 4) is 0 Å². The van der Waals surface area contributed by atoms with E-state index in [-0.39, 0.29) is 6.42 Å². The molecule has 0 atom stereocenters. The predicted octanol–water partition coefficient (Wildman–Crippen LogP) is 1.49. The van der Waals surface area contributed by atoms with E-state index in [0.717, 1.165) is 6.21 Å². The largest absolute Gasteiger partial charge is 0.447 e. The minimum absolute atomic E-state index is 0.0749. The molecular weight excluding hydrogens is 230 g/mol. The van der Waals surface area contributed by atoms with Gasteiger partial charge in [-0.25, -0.2) is 5.01 Å².